The smallest absolute Gasteiger partial charge is 0.161 e. The van der Waals surface area contributed by atoms with E-state index in [2.05, 4.69) is 12.2 Å². The van der Waals surface area contributed by atoms with Crippen LogP contribution in [0.5, 0.6) is 0 Å². The minimum absolute atomic E-state index is 0.179. The number of hydrogen-bond donors (Lipinski definition) is 1. The van der Waals surface area contributed by atoms with Crippen LogP contribution in [0, 0.1) is 22.9 Å². The molecule has 1 saturated carbocycles. The molecule has 0 atom stereocenters. The molecule has 1 nitrogen and oxygen atoms in total. The van der Waals surface area contributed by atoms with Crippen molar-refractivity contribution < 1.29 is 13.2 Å². The van der Waals surface area contributed by atoms with Gasteiger partial charge in [-0.15, -0.1) is 0 Å². The number of rotatable bonds is 4. The molecule has 1 fully saturated rings. The van der Waals surface area contributed by atoms with Gasteiger partial charge in [-0.25, -0.2) is 13.2 Å². The molecule has 0 heterocycles. The van der Waals surface area contributed by atoms with Crippen molar-refractivity contribution in [2.75, 3.05) is 6.54 Å². The number of benzene rings is 1. The highest BCUT2D eigenvalue weighted by Gasteiger charge is 2.26. The Morgan fingerprint density at radius 3 is 2.32 bits per heavy atom. The Morgan fingerprint density at radius 2 is 1.63 bits per heavy atom. The van der Waals surface area contributed by atoms with E-state index in [0.29, 0.717) is 6.07 Å². The molecule has 106 valence electrons. The summed E-state index contributed by atoms with van der Waals surface area (Å²) < 4.78 is 39.3. The third-order valence-corrected chi connectivity index (χ3v) is 4.02. The van der Waals surface area contributed by atoms with E-state index in [1.165, 1.54) is 32.1 Å². The third kappa shape index (κ3) is 3.72. The molecule has 1 N–H and O–H groups in total. The van der Waals surface area contributed by atoms with Gasteiger partial charge in [0.15, 0.2) is 11.6 Å². The molecule has 4 heteroatoms. The molecule has 0 amide bonds. The second-order valence-electron chi connectivity index (χ2n) is 5.83. The molecule has 1 aromatic rings. The van der Waals surface area contributed by atoms with Gasteiger partial charge in [-0.05, 0) is 24.3 Å². The monoisotopic (exact) mass is 271 g/mol. The van der Waals surface area contributed by atoms with Crippen molar-refractivity contribution in [3.63, 3.8) is 0 Å². The number of nitrogens with one attached hydrogen (secondary N) is 1. The van der Waals surface area contributed by atoms with E-state index in [1.807, 2.05) is 0 Å². The van der Waals surface area contributed by atoms with Crippen LogP contribution in [0.25, 0.3) is 0 Å². The van der Waals surface area contributed by atoms with Crippen LogP contribution in [-0.2, 0) is 6.54 Å². The maximum atomic E-state index is 13.4. The Bertz CT molecular complexity index is 439. The molecule has 0 unspecified atom stereocenters. The molecule has 1 aliphatic carbocycles. The first kappa shape index (κ1) is 14.4. The van der Waals surface area contributed by atoms with E-state index in [9.17, 15) is 13.2 Å². The van der Waals surface area contributed by atoms with Crippen LogP contribution < -0.4 is 5.32 Å². The molecule has 2 rings (SSSR count). The van der Waals surface area contributed by atoms with Crippen LogP contribution in [0.1, 0.15) is 44.6 Å². The highest BCUT2D eigenvalue weighted by Crippen LogP contribution is 2.35. The summed E-state index contributed by atoms with van der Waals surface area (Å²) in [6, 6.07) is 1.54. The predicted molar refractivity (Wildman–Crippen MR) is 69.2 cm³/mol. The van der Waals surface area contributed by atoms with Crippen molar-refractivity contribution in [2.45, 2.75) is 45.6 Å². The molecule has 19 heavy (non-hydrogen) atoms. The van der Waals surface area contributed by atoms with E-state index in [0.717, 1.165) is 12.6 Å². The Morgan fingerprint density at radius 1 is 1.00 bits per heavy atom. The summed E-state index contributed by atoms with van der Waals surface area (Å²) >= 11 is 0. The molecule has 0 aromatic heterocycles. The van der Waals surface area contributed by atoms with Gasteiger partial charge in [0.1, 0.15) is 5.82 Å². The first-order valence-electron chi connectivity index (χ1n) is 6.84. The van der Waals surface area contributed by atoms with Gasteiger partial charge < -0.3 is 5.32 Å². The number of halogens is 3. The zero-order valence-corrected chi connectivity index (χ0v) is 11.2. The van der Waals surface area contributed by atoms with E-state index >= 15 is 0 Å². The van der Waals surface area contributed by atoms with Gasteiger partial charge in [0.25, 0.3) is 0 Å². The molecule has 0 bridgehead atoms. The SMILES string of the molecule is CC1(CNCc2cc(F)c(F)cc2F)CCCCC1. The average Bonchev–Trinajstić information content (AvgIpc) is 2.36. The van der Waals surface area contributed by atoms with Crippen molar-refractivity contribution in [3.8, 4) is 0 Å². The minimum atomic E-state index is -1.14. The standard InChI is InChI=1S/C15H20F3N/c1-15(5-3-2-4-6-15)10-19-9-11-7-13(17)14(18)8-12(11)16/h7-8,19H,2-6,9-10H2,1H3. The average molecular weight is 271 g/mol. The maximum Gasteiger partial charge on any atom is 0.161 e. The molecule has 0 saturated heterocycles. The third-order valence-electron chi connectivity index (χ3n) is 4.02. The van der Waals surface area contributed by atoms with Gasteiger partial charge in [-0.1, -0.05) is 26.2 Å². The summed E-state index contributed by atoms with van der Waals surface area (Å²) in [5, 5.41) is 3.17. The second-order valence-corrected chi connectivity index (χ2v) is 5.83. The molecular weight excluding hydrogens is 251 g/mol. The molecule has 1 aliphatic rings. The minimum Gasteiger partial charge on any atom is -0.312 e. The van der Waals surface area contributed by atoms with Gasteiger partial charge in [-0.3, -0.25) is 0 Å². The summed E-state index contributed by atoms with van der Waals surface area (Å²) in [5.74, 6) is -2.83. The van der Waals surface area contributed by atoms with Crippen LogP contribution in [0.4, 0.5) is 13.2 Å². The lowest BCUT2D eigenvalue weighted by Gasteiger charge is -2.33. The summed E-state index contributed by atoms with van der Waals surface area (Å²) in [4.78, 5) is 0. The van der Waals surface area contributed by atoms with Crippen LogP contribution in [0.2, 0.25) is 0 Å². The summed E-state index contributed by atoms with van der Waals surface area (Å²) in [6.45, 7) is 3.24. The summed E-state index contributed by atoms with van der Waals surface area (Å²) in [7, 11) is 0. The largest absolute Gasteiger partial charge is 0.312 e. The molecule has 1 aromatic carbocycles. The lowest BCUT2D eigenvalue weighted by molar-refractivity contribution is 0.207. The summed E-state index contributed by atoms with van der Waals surface area (Å²) in [5.41, 5.74) is 0.422. The van der Waals surface area contributed by atoms with Crippen LogP contribution in [0.3, 0.4) is 0 Å². The fourth-order valence-electron chi connectivity index (χ4n) is 2.78. The van der Waals surface area contributed by atoms with Crippen LogP contribution in [-0.4, -0.2) is 6.54 Å². The molecule has 0 aliphatic heterocycles. The van der Waals surface area contributed by atoms with Gasteiger partial charge in [-0.2, -0.15) is 0 Å². The van der Waals surface area contributed by atoms with Crippen molar-refractivity contribution in [1.82, 2.24) is 5.32 Å². The molecule has 0 radical (unpaired) electrons. The lowest BCUT2D eigenvalue weighted by Crippen LogP contribution is -2.33. The lowest BCUT2D eigenvalue weighted by atomic mass is 9.76. The predicted octanol–water partition coefficient (Wildman–Crippen LogP) is 4.16. The zero-order valence-electron chi connectivity index (χ0n) is 11.2. The normalized spacial score (nSPS) is 18.5. The van der Waals surface area contributed by atoms with Gasteiger partial charge >= 0.3 is 0 Å². The van der Waals surface area contributed by atoms with Crippen molar-refractivity contribution in [2.24, 2.45) is 5.41 Å². The van der Waals surface area contributed by atoms with E-state index in [1.54, 1.807) is 0 Å². The van der Waals surface area contributed by atoms with E-state index < -0.39 is 17.5 Å². The fraction of sp³-hybridized carbons (Fsp3) is 0.600. The van der Waals surface area contributed by atoms with Gasteiger partial charge in [0.2, 0.25) is 0 Å². The van der Waals surface area contributed by atoms with Gasteiger partial charge in [0.05, 0.1) is 0 Å². The highest BCUT2D eigenvalue weighted by molar-refractivity contribution is 5.19. The van der Waals surface area contributed by atoms with Crippen molar-refractivity contribution >= 4 is 0 Å². The highest BCUT2D eigenvalue weighted by atomic mass is 19.2. The first-order chi connectivity index (χ1) is 9.00. The quantitative estimate of drug-likeness (QED) is 0.811. The zero-order chi connectivity index (χ0) is 13.9. The Hall–Kier alpha value is -1.03. The van der Waals surface area contributed by atoms with E-state index in [-0.39, 0.29) is 17.5 Å². The van der Waals surface area contributed by atoms with Crippen molar-refractivity contribution in [1.29, 1.82) is 0 Å². The first-order valence-corrected chi connectivity index (χ1v) is 6.84. The molecule has 0 spiro atoms. The second kappa shape index (κ2) is 5.95. The Balaban J connectivity index is 1.90. The molecular formula is C15H20F3N. The van der Waals surface area contributed by atoms with Crippen LogP contribution >= 0.6 is 0 Å². The topological polar surface area (TPSA) is 12.0 Å². The van der Waals surface area contributed by atoms with Gasteiger partial charge in [0, 0.05) is 24.7 Å². The van der Waals surface area contributed by atoms with Crippen molar-refractivity contribution in [3.05, 3.63) is 35.1 Å². The fourth-order valence-corrected chi connectivity index (χ4v) is 2.78. The summed E-state index contributed by atoms with van der Waals surface area (Å²) in [6.07, 6.45) is 6.09. The Kier molecular flexibility index (Phi) is 4.50. The Labute approximate surface area is 112 Å². The number of hydrogen-bond acceptors (Lipinski definition) is 1. The van der Waals surface area contributed by atoms with E-state index in [4.69, 9.17) is 0 Å². The maximum absolute atomic E-state index is 13.4. The van der Waals surface area contributed by atoms with Crippen LogP contribution in [0.15, 0.2) is 12.1 Å².